The molecule has 0 aliphatic rings. The molecule has 4 unspecified atom stereocenters. The van der Waals surface area contributed by atoms with Gasteiger partial charge in [0, 0.05) is 12.8 Å². The molecule has 0 heterocycles. The summed E-state index contributed by atoms with van der Waals surface area (Å²) in [7, 11) is 1.12. The third kappa shape index (κ3) is 13.5. The number of hydrogen-bond acceptors (Lipinski definition) is 9. The van der Waals surface area contributed by atoms with E-state index >= 15 is 0 Å². The molecule has 5 N–H and O–H groups in total. The van der Waals surface area contributed by atoms with Crippen molar-refractivity contribution in [2.75, 3.05) is 13.7 Å². The standard InChI is InChI=1S/C40H44N4O9/c1-27(45)36(39(49)51-2)44-38(48)34(23-29-18-20-32(21-19-29)52-25-30-14-8-4-9-15-30)43-37(47)33(22-28-12-6-3-7-13-28)42-35(46)24-41-40(50)53-26-31-16-10-5-11-17-31/h3-21,27,33-34,36,45H,22-26H2,1-2H3,(H,41,50)(H,42,46)(H,43,47)(H,44,48). The van der Waals surface area contributed by atoms with Crippen LogP contribution in [0, 0.1) is 0 Å². The van der Waals surface area contributed by atoms with Gasteiger partial charge in [0.05, 0.1) is 13.2 Å². The maximum Gasteiger partial charge on any atom is 0.407 e. The van der Waals surface area contributed by atoms with Gasteiger partial charge in [0.25, 0.3) is 0 Å². The van der Waals surface area contributed by atoms with Crippen LogP contribution in [0.15, 0.2) is 115 Å². The van der Waals surface area contributed by atoms with Gasteiger partial charge in [-0.15, -0.1) is 0 Å². The molecule has 4 aromatic rings. The van der Waals surface area contributed by atoms with E-state index in [2.05, 4.69) is 21.3 Å². The lowest BCUT2D eigenvalue weighted by molar-refractivity contribution is -0.148. The first-order valence-corrected chi connectivity index (χ1v) is 17.0. The minimum atomic E-state index is -1.41. The molecule has 0 aliphatic heterocycles. The van der Waals surface area contributed by atoms with Gasteiger partial charge in [-0.25, -0.2) is 9.59 Å². The number of hydrogen-bond donors (Lipinski definition) is 5. The second-order valence-electron chi connectivity index (χ2n) is 12.2. The van der Waals surface area contributed by atoms with Crippen LogP contribution in [0.4, 0.5) is 4.79 Å². The van der Waals surface area contributed by atoms with Crippen LogP contribution in [0.2, 0.25) is 0 Å². The second kappa shape index (κ2) is 20.6. The SMILES string of the molecule is COC(=O)C(NC(=O)C(Cc1ccc(OCc2ccccc2)cc1)NC(=O)C(Cc1ccccc1)NC(=O)CNC(=O)OCc1ccccc1)C(C)O. The van der Waals surface area contributed by atoms with E-state index in [0.717, 1.165) is 23.8 Å². The summed E-state index contributed by atoms with van der Waals surface area (Å²) in [6.07, 6.45) is -2.09. The van der Waals surface area contributed by atoms with Gasteiger partial charge in [-0.1, -0.05) is 103 Å². The first-order chi connectivity index (χ1) is 25.6. The molecule has 13 nitrogen and oxygen atoms in total. The van der Waals surface area contributed by atoms with Crippen molar-refractivity contribution in [3.63, 3.8) is 0 Å². The summed E-state index contributed by atoms with van der Waals surface area (Å²) < 4.78 is 15.8. The Morgan fingerprint density at radius 3 is 1.66 bits per heavy atom. The Hall–Kier alpha value is -6.21. The molecule has 0 spiro atoms. The first-order valence-electron chi connectivity index (χ1n) is 17.0. The molecular weight excluding hydrogens is 680 g/mol. The molecule has 278 valence electrons. The highest BCUT2D eigenvalue weighted by Crippen LogP contribution is 2.16. The molecule has 4 rings (SSSR count). The van der Waals surface area contributed by atoms with Crippen LogP contribution in [-0.4, -0.2) is 72.8 Å². The van der Waals surface area contributed by atoms with Gasteiger partial charge in [0.2, 0.25) is 17.7 Å². The lowest BCUT2D eigenvalue weighted by Gasteiger charge is -2.26. The number of benzene rings is 4. The van der Waals surface area contributed by atoms with Crippen LogP contribution in [0.1, 0.15) is 29.2 Å². The number of aliphatic hydroxyl groups is 1. The third-order valence-corrected chi connectivity index (χ3v) is 8.02. The number of amides is 4. The van der Waals surface area contributed by atoms with Crippen molar-refractivity contribution in [1.82, 2.24) is 21.3 Å². The molecule has 0 saturated heterocycles. The largest absolute Gasteiger partial charge is 0.489 e. The van der Waals surface area contributed by atoms with Crippen molar-refractivity contribution in [3.05, 3.63) is 138 Å². The normalized spacial score (nSPS) is 12.9. The third-order valence-electron chi connectivity index (χ3n) is 8.02. The van der Waals surface area contributed by atoms with Crippen LogP contribution in [0.3, 0.4) is 0 Å². The fraction of sp³-hybridized carbons (Fsp3) is 0.275. The molecule has 0 aromatic heterocycles. The zero-order valence-corrected chi connectivity index (χ0v) is 29.5. The number of rotatable bonds is 18. The van der Waals surface area contributed by atoms with E-state index in [1.807, 2.05) is 36.4 Å². The van der Waals surface area contributed by atoms with Gasteiger partial charge < -0.3 is 40.6 Å². The van der Waals surface area contributed by atoms with Crippen molar-refractivity contribution in [1.29, 1.82) is 0 Å². The highest BCUT2D eigenvalue weighted by atomic mass is 16.5. The number of alkyl carbamates (subject to hydrolysis) is 1. The van der Waals surface area contributed by atoms with E-state index in [0.29, 0.717) is 17.9 Å². The van der Waals surface area contributed by atoms with Crippen molar-refractivity contribution < 1.29 is 43.3 Å². The van der Waals surface area contributed by atoms with E-state index < -0.39 is 60.6 Å². The summed E-state index contributed by atoms with van der Waals surface area (Å²) >= 11 is 0. The monoisotopic (exact) mass is 724 g/mol. The molecule has 0 aliphatic carbocycles. The highest BCUT2D eigenvalue weighted by molar-refractivity contribution is 5.94. The van der Waals surface area contributed by atoms with E-state index in [9.17, 15) is 29.1 Å². The average Bonchev–Trinajstić information content (AvgIpc) is 3.18. The Morgan fingerprint density at radius 1 is 0.623 bits per heavy atom. The molecule has 4 aromatic carbocycles. The van der Waals surface area contributed by atoms with Crippen LogP contribution in [0.5, 0.6) is 5.75 Å². The molecular formula is C40H44N4O9. The smallest absolute Gasteiger partial charge is 0.407 e. The summed E-state index contributed by atoms with van der Waals surface area (Å²) in [6, 6.07) is 30.7. The van der Waals surface area contributed by atoms with Crippen molar-refractivity contribution in [2.45, 2.75) is 57.2 Å². The molecule has 0 bridgehead atoms. The van der Waals surface area contributed by atoms with Gasteiger partial charge in [-0.3, -0.25) is 14.4 Å². The van der Waals surface area contributed by atoms with Crippen molar-refractivity contribution >= 4 is 29.8 Å². The van der Waals surface area contributed by atoms with Gasteiger partial charge >= 0.3 is 12.1 Å². The van der Waals surface area contributed by atoms with Crippen LogP contribution >= 0.6 is 0 Å². The van der Waals surface area contributed by atoms with E-state index in [1.54, 1.807) is 78.9 Å². The topological polar surface area (TPSA) is 181 Å². The molecule has 0 saturated carbocycles. The predicted molar refractivity (Wildman–Crippen MR) is 195 cm³/mol. The number of carbonyl (C=O) groups is 5. The molecule has 4 amide bonds. The van der Waals surface area contributed by atoms with Gasteiger partial charge in [-0.2, -0.15) is 0 Å². The lowest BCUT2D eigenvalue weighted by Crippen LogP contribution is -2.58. The summed E-state index contributed by atoms with van der Waals surface area (Å²) in [5.74, 6) is -2.44. The maximum atomic E-state index is 13.9. The number of esters is 1. The average molecular weight is 725 g/mol. The Bertz CT molecular complexity index is 1770. The van der Waals surface area contributed by atoms with Gasteiger partial charge in [-0.05, 0) is 41.3 Å². The van der Waals surface area contributed by atoms with Crippen molar-refractivity contribution in [3.8, 4) is 5.75 Å². The minimum absolute atomic E-state index is 0.00607. The number of ether oxygens (including phenoxy) is 3. The lowest BCUT2D eigenvalue weighted by atomic mass is 10.0. The number of aliphatic hydroxyl groups excluding tert-OH is 1. The van der Waals surface area contributed by atoms with Crippen LogP contribution in [-0.2, 0) is 54.7 Å². The van der Waals surface area contributed by atoms with E-state index in [4.69, 9.17) is 14.2 Å². The van der Waals surface area contributed by atoms with Gasteiger partial charge in [0.1, 0.15) is 37.6 Å². The quantitative estimate of drug-likeness (QED) is 0.0965. The number of nitrogens with one attached hydrogen (secondary N) is 4. The number of carbonyl (C=O) groups excluding carboxylic acids is 5. The Labute approximate surface area is 308 Å². The zero-order valence-electron chi connectivity index (χ0n) is 29.5. The van der Waals surface area contributed by atoms with E-state index in [-0.39, 0.29) is 19.4 Å². The number of methoxy groups -OCH3 is 1. The minimum Gasteiger partial charge on any atom is -0.489 e. The molecule has 13 heteroatoms. The highest BCUT2D eigenvalue weighted by Gasteiger charge is 2.32. The van der Waals surface area contributed by atoms with Crippen LogP contribution in [0.25, 0.3) is 0 Å². The Balaban J connectivity index is 1.47. The summed E-state index contributed by atoms with van der Waals surface area (Å²) in [5, 5.41) is 20.4. The fourth-order valence-corrected chi connectivity index (χ4v) is 5.17. The summed E-state index contributed by atoms with van der Waals surface area (Å²) in [5.41, 5.74) is 3.12. The molecule has 4 atom stereocenters. The zero-order chi connectivity index (χ0) is 38.0. The summed E-state index contributed by atoms with van der Waals surface area (Å²) in [4.78, 5) is 65.2. The second-order valence-corrected chi connectivity index (χ2v) is 12.2. The van der Waals surface area contributed by atoms with Crippen LogP contribution < -0.4 is 26.0 Å². The molecule has 0 radical (unpaired) electrons. The summed E-state index contributed by atoms with van der Waals surface area (Å²) in [6.45, 7) is 1.20. The predicted octanol–water partition coefficient (Wildman–Crippen LogP) is 2.99. The molecule has 53 heavy (non-hydrogen) atoms. The van der Waals surface area contributed by atoms with E-state index in [1.165, 1.54) is 6.92 Å². The Kier molecular flexibility index (Phi) is 15.4. The molecule has 0 fully saturated rings. The van der Waals surface area contributed by atoms with Crippen molar-refractivity contribution in [2.24, 2.45) is 0 Å². The first kappa shape index (κ1) is 39.6. The maximum absolute atomic E-state index is 13.9. The van der Waals surface area contributed by atoms with Gasteiger partial charge in [0.15, 0.2) is 6.04 Å². The fourth-order valence-electron chi connectivity index (χ4n) is 5.17. The Morgan fingerprint density at radius 2 is 1.11 bits per heavy atom.